The molecule has 8 heteroatoms. The first-order chi connectivity index (χ1) is 7.90. The fourth-order valence-electron chi connectivity index (χ4n) is 1.29. The third-order valence-corrected chi connectivity index (χ3v) is 3.84. The van der Waals surface area contributed by atoms with E-state index in [0.29, 0.717) is 0 Å². The second-order valence-corrected chi connectivity index (χ2v) is 5.48. The lowest BCUT2D eigenvalue weighted by Crippen LogP contribution is -2.25. The fourth-order valence-corrected chi connectivity index (χ4v) is 2.61. The summed E-state index contributed by atoms with van der Waals surface area (Å²) < 4.78 is 38.8. The van der Waals surface area contributed by atoms with Crippen molar-refractivity contribution in [2.75, 3.05) is 0 Å². The monoisotopic (exact) mass is 260 g/mol. The number of nitro benzene ring substituents is 1. The van der Waals surface area contributed by atoms with Gasteiger partial charge in [-0.15, -0.1) is 0 Å². The minimum absolute atomic E-state index is 0.107. The molecule has 0 amide bonds. The normalized spacial score (nSPS) is 15.8. The molecular formula is C9H9FN2O4S. The fraction of sp³-hybridized carbons (Fsp3) is 0.333. The SMILES string of the molecule is O=[N+]([O-])c1cc(S(=O)(=O)NC2CC2)ccc1F. The number of nitrogens with one attached hydrogen (secondary N) is 1. The number of hydrogen-bond donors (Lipinski definition) is 1. The second kappa shape index (κ2) is 4.04. The zero-order chi connectivity index (χ0) is 12.6. The molecule has 1 aliphatic rings. The van der Waals surface area contributed by atoms with Gasteiger partial charge in [0.05, 0.1) is 9.82 Å². The molecule has 6 nitrogen and oxygen atoms in total. The zero-order valence-corrected chi connectivity index (χ0v) is 9.41. The summed E-state index contributed by atoms with van der Waals surface area (Å²) >= 11 is 0. The van der Waals surface area contributed by atoms with E-state index in [0.717, 1.165) is 31.0 Å². The average molecular weight is 260 g/mol. The molecule has 0 unspecified atom stereocenters. The standard InChI is InChI=1S/C9H9FN2O4S/c10-8-4-3-7(5-9(8)12(13)14)17(15,16)11-6-1-2-6/h3-6,11H,1-2H2. The van der Waals surface area contributed by atoms with Gasteiger partial charge in [0.25, 0.3) is 0 Å². The molecule has 0 aliphatic heterocycles. The zero-order valence-electron chi connectivity index (χ0n) is 8.59. The van der Waals surface area contributed by atoms with Crippen LogP contribution in [0, 0.1) is 15.9 Å². The first-order valence-corrected chi connectivity index (χ1v) is 6.35. The van der Waals surface area contributed by atoms with E-state index in [4.69, 9.17) is 0 Å². The summed E-state index contributed by atoms with van der Waals surface area (Å²) in [5.74, 6) is -1.06. The van der Waals surface area contributed by atoms with Crippen molar-refractivity contribution in [3.8, 4) is 0 Å². The predicted octanol–water partition coefficient (Wildman–Crippen LogP) is 1.17. The van der Waals surface area contributed by atoms with Gasteiger partial charge in [0.2, 0.25) is 15.8 Å². The van der Waals surface area contributed by atoms with Crippen LogP contribution in [0.1, 0.15) is 12.8 Å². The maximum atomic E-state index is 13.0. The molecule has 1 saturated carbocycles. The molecule has 17 heavy (non-hydrogen) atoms. The summed E-state index contributed by atoms with van der Waals surface area (Å²) in [7, 11) is -3.79. The van der Waals surface area contributed by atoms with Gasteiger partial charge >= 0.3 is 5.69 Å². The molecule has 1 aromatic carbocycles. The number of nitro groups is 1. The molecule has 1 aliphatic carbocycles. The molecule has 0 aromatic heterocycles. The van der Waals surface area contributed by atoms with Crippen LogP contribution in [0.5, 0.6) is 0 Å². The second-order valence-electron chi connectivity index (χ2n) is 3.77. The highest BCUT2D eigenvalue weighted by Gasteiger charge is 2.29. The van der Waals surface area contributed by atoms with E-state index < -0.39 is 26.5 Å². The van der Waals surface area contributed by atoms with Gasteiger partial charge in [-0.05, 0) is 25.0 Å². The Morgan fingerprint density at radius 3 is 2.59 bits per heavy atom. The molecule has 1 fully saturated rings. The third-order valence-electron chi connectivity index (χ3n) is 2.32. The van der Waals surface area contributed by atoms with E-state index in [9.17, 15) is 22.9 Å². The Labute approximate surface area is 96.6 Å². The van der Waals surface area contributed by atoms with E-state index in [1.807, 2.05) is 0 Å². The van der Waals surface area contributed by atoms with Gasteiger partial charge in [-0.3, -0.25) is 10.1 Å². The molecule has 0 atom stereocenters. The Bertz CT molecular complexity index is 568. The smallest absolute Gasteiger partial charge is 0.258 e. The van der Waals surface area contributed by atoms with Crippen molar-refractivity contribution in [3.63, 3.8) is 0 Å². The van der Waals surface area contributed by atoms with Gasteiger partial charge in [-0.25, -0.2) is 13.1 Å². The summed E-state index contributed by atoms with van der Waals surface area (Å²) in [5, 5.41) is 10.5. The third kappa shape index (κ3) is 2.59. The quantitative estimate of drug-likeness (QED) is 0.650. The van der Waals surface area contributed by atoms with Crippen LogP contribution >= 0.6 is 0 Å². The summed E-state index contributed by atoms with van der Waals surface area (Å²) in [5.41, 5.74) is -0.844. The van der Waals surface area contributed by atoms with Crippen LogP contribution in [0.15, 0.2) is 23.1 Å². The molecule has 1 aromatic rings. The lowest BCUT2D eigenvalue weighted by molar-refractivity contribution is -0.387. The molecule has 0 saturated heterocycles. The van der Waals surface area contributed by atoms with Crippen LogP contribution in [0.3, 0.4) is 0 Å². The highest BCUT2D eigenvalue weighted by molar-refractivity contribution is 7.89. The van der Waals surface area contributed by atoms with Crippen molar-refractivity contribution >= 4 is 15.7 Å². The van der Waals surface area contributed by atoms with Crippen molar-refractivity contribution in [3.05, 3.63) is 34.1 Å². The minimum Gasteiger partial charge on any atom is -0.258 e. The van der Waals surface area contributed by atoms with Gasteiger partial charge in [0, 0.05) is 12.1 Å². The van der Waals surface area contributed by atoms with E-state index in [1.54, 1.807) is 0 Å². The van der Waals surface area contributed by atoms with Crippen LogP contribution in [0.25, 0.3) is 0 Å². The number of rotatable bonds is 4. The Morgan fingerprint density at radius 2 is 2.06 bits per heavy atom. The summed E-state index contributed by atoms with van der Waals surface area (Å²) in [6.07, 6.45) is 1.50. The first kappa shape index (κ1) is 11.9. The van der Waals surface area contributed by atoms with E-state index >= 15 is 0 Å². The van der Waals surface area contributed by atoms with Gasteiger partial charge < -0.3 is 0 Å². The Kier molecular flexibility index (Phi) is 2.84. The van der Waals surface area contributed by atoms with E-state index in [1.165, 1.54) is 0 Å². The lowest BCUT2D eigenvalue weighted by atomic mass is 10.3. The van der Waals surface area contributed by atoms with Crippen LogP contribution in [0.4, 0.5) is 10.1 Å². The number of halogens is 1. The van der Waals surface area contributed by atoms with Gasteiger partial charge in [-0.2, -0.15) is 4.39 Å². The van der Waals surface area contributed by atoms with Crippen LogP contribution in [-0.4, -0.2) is 19.4 Å². The van der Waals surface area contributed by atoms with Gasteiger partial charge in [-0.1, -0.05) is 0 Å². The van der Waals surface area contributed by atoms with Crippen LogP contribution in [-0.2, 0) is 10.0 Å². The summed E-state index contributed by atoms with van der Waals surface area (Å²) in [6, 6.07) is 2.40. The topological polar surface area (TPSA) is 89.3 Å². The highest BCUT2D eigenvalue weighted by Crippen LogP contribution is 2.25. The average Bonchev–Trinajstić information content (AvgIpc) is 3.00. The van der Waals surface area contributed by atoms with Crippen molar-refractivity contribution in [2.45, 2.75) is 23.8 Å². The molecule has 0 heterocycles. The molecule has 0 bridgehead atoms. The molecule has 0 spiro atoms. The van der Waals surface area contributed by atoms with Gasteiger partial charge in [0.1, 0.15) is 0 Å². The maximum Gasteiger partial charge on any atom is 0.306 e. The van der Waals surface area contributed by atoms with Crippen LogP contribution < -0.4 is 4.72 Å². The van der Waals surface area contributed by atoms with Crippen molar-refractivity contribution in [1.82, 2.24) is 4.72 Å². The Morgan fingerprint density at radius 1 is 1.41 bits per heavy atom. The highest BCUT2D eigenvalue weighted by atomic mass is 32.2. The molecule has 1 N–H and O–H groups in total. The Balaban J connectivity index is 2.38. The first-order valence-electron chi connectivity index (χ1n) is 4.86. The minimum atomic E-state index is -3.79. The molecule has 0 radical (unpaired) electrons. The largest absolute Gasteiger partial charge is 0.306 e. The van der Waals surface area contributed by atoms with E-state index in [-0.39, 0.29) is 10.9 Å². The predicted molar refractivity (Wildman–Crippen MR) is 56.4 cm³/mol. The van der Waals surface area contributed by atoms with Gasteiger partial charge in [0.15, 0.2) is 0 Å². The molecule has 2 rings (SSSR count). The van der Waals surface area contributed by atoms with Crippen molar-refractivity contribution in [2.24, 2.45) is 0 Å². The summed E-state index contributed by atoms with van der Waals surface area (Å²) in [6.45, 7) is 0. The van der Waals surface area contributed by atoms with Crippen molar-refractivity contribution < 1.29 is 17.7 Å². The number of nitrogens with zero attached hydrogens (tertiary/aromatic N) is 1. The number of hydrogen-bond acceptors (Lipinski definition) is 4. The molecule has 92 valence electrons. The number of sulfonamides is 1. The summed E-state index contributed by atoms with van der Waals surface area (Å²) in [4.78, 5) is 9.24. The maximum absolute atomic E-state index is 13.0. The Hall–Kier alpha value is -1.54. The number of benzene rings is 1. The van der Waals surface area contributed by atoms with E-state index in [2.05, 4.69) is 4.72 Å². The lowest BCUT2D eigenvalue weighted by Gasteiger charge is -2.05. The van der Waals surface area contributed by atoms with Crippen molar-refractivity contribution in [1.29, 1.82) is 0 Å². The van der Waals surface area contributed by atoms with Crippen LogP contribution in [0.2, 0.25) is 0 Å². The molecular weight excluding hydrogens is 251 g/mol.